The molecule has 0 amide bonds. The van der Waals surface area contributed by atoms with E-state index in [1.54, 1.807) is 0 Å². The molecule has 0 aromatic heterocycles. The number of rotatable bonds is 5. The zero-order chi connectivity index (χ0) is 18.5. The summed E-state index contributed by atoms with van der Waals surface area (Å²) >= 11 is -3.56. The van der Waals surface area contributed by atoms with E-state index in [2.05, 4.69) is 109 Å². The van der Waals surface area contributed by atoms with Crippen molar-refractivity contribution in [1.82, 2.24) is 0 Å². The van der Waals surface area contributed by atoms with Crippen LogP contribution in [0.1, 0.15) is 5.56 Å². The minimum absolute atomic E-state index is 0.0569. The molecule has 0 fully saturated rings. The molecule has 0 saturated carbocycles. The van der Waals surface area contributed by atoms with Crippen LogP contribution >= 0.6 is 0 Å². The van der Waals surface area contributed by atoms with E-state index in [0.29, 0.717) is 0 Å². The molecule has 1 nitrogen and oxygen atoms in total. The van der Waals surface area contributed by atoms with Gasteiger partial charge in [-0.3, -0.25) is 0 Å². The van der Waals surface area contributed by atoms with Crippen LogP contribution in [0.4, 0.5) is 0 Å². The van der Waals surface area contributed by atoms with Crippen LogP contribution in [-0.2, 0) is 6.61 Å². The van der Waals surface area contributed by atoms with E-state index >= 15 is 0 Å². The van der Waals surface area contributed by atoms with Gasteiger partial charge in [0.25, 0.3) is 0 Å². The summed E-state index contributed by atoms with van der Waals surface area (Å²) in [6, 6.07) is 41.1. The number of aliphatic hydroxyl groups excluding tert-OH is 1. The molecule has 0 saturated heterocycles. The van der Waals surface area contributed by atoms with Crippen LogP contribution in [0, 0.1) is 0 Å². The third-order valence-corrected chi connectivity index (χ3v) is 19.2. The van der Waals surface area contributed by atoms with Gasteiger partial charge >= 0.3 is 165 Å². The van der Waals surface area contributed by atoms with Crippen LogP contribution in [0.2, 0.25) is 0 Å². The molecule has 2 heteroatoms. The van der Waals surface area contributed by atoms with Crippen molar-refractivity contribution >= 4 is 32.7 Å². The van der Waals surface area contributed by atoms with Crippen molar-refractivity contribution in [3.8, 4) is 0 Å². The molecule has 0 spiro atoms. The van der Waals surface area contributed by atoms with Gasteiger partial charge in [-0.05, 0) is 0 Å². The molecule has 0 aliphatic heterocycles. The second-order valence-corrected chi connectivity index (χ2v) is 17.4. The second kappa shape index (κ2) is 8.11. The van der Waals surface area contributed by atoms with Crippen molar-refractivity contribution < 1.29 is 5.11 Å². The van der Waals surface area contributed by atoms with Crippen LogP contribution in [0.15, 0.2) is 115 Å². The molecular weight excluding hydrogens is 435 g/mol. The molecule has 0 aliphatic rings. The van der Waals surface area contributed by atoms with Gasteiger partial charge in [-0.15, -0.1) is 0 Å². The zero-order valence-electron chi connectivity index (χ0n) is 15.1. The molecule has 0 radical (unpaired) electrons. The summed E-state index contributed by atoms with van der Waals surface area (Å²) in [5, 5.41) is 10.2. The van der Waals surface area contributed by atoms with Gasteiger partial charge in [-0.2, -0.15) is 0 Å². The molecule has 0 heterocycles. The summed E-state index contributed by atoms with van der Waals surface area (Å²) in [4.78, 5) is 0. The van der Waals surface area contributed by atoms with Gasteiger partial charge in [-0.1, -0.05) is 0 Å². The third kappa shape index (κ3) is 3.22. The Kier molecular flexibility index (Phi) is 5.42. The SMILES string of the molecule is OCc1cccc[c]1[Sn]([c]1ccccc1)([c]1ccccc1)[c]1ccccc1. The Balaban J connectivity index is 2.17. The molecule has 0 bridgehead atoms. The van der Waals surface area contributed by atoms with Crippen molar-refractivity contribution in [3.05, 3.63) is 121 Å². The Morgan fingerprint density at radius 1 is 0.481 bits per heavy atom. The normalized spacial score (nSPS) is 11.3. The van der Waals surface area contributed by atoms with Crippen molar-refractivity contribution in [2.45, 2.75) is 6.61 Å². The minimum atomic E-state index is -3.56. The predicted molar refractivity (Wildman–Crippen MR) is 116 cm³/mol. The molecule has 4 rings (SSSR count). The summed E-state index contributed by atoms with van der Waals surface area (Å²) in [7, 11) is 0. The molecule has 27 heavy (non-hydrogen) atoms. The summed E-state index contributed by atoms with van der Waals surface area (Å²) < 4.78 is 5.50. The molecule has 4 aromatic carbocycles. The third-order valence-electron chi connectivity index (χ3n) is 5.21. The second-order valence-electron chi connectivity index (χ2n) is 6.66. The zero-order valence-corrected chi connectivity index (χ0v) is 18.0. The van der Waals surface area contributed by atoms with Gasteiger partial charge in [0.15, 0.2) is 0 Å². The van der Waals surface area contributed by atoms with E-state index in [4.69, 9.17) is 0 Å². The molecule has 1 N–H and O–H groups in total. The van der Waals surface area contributed by atoms with E-state index in [9.17, 15) is 5.11 Å². The number of hydrogen-bond donors (Lipinski definition) is 1. The van der Waals surface area contributed by atoms with Gasteiger partial charge < -0.3 is 0 Å². The van der Waals surface area contributed by atoms with Crippen LogP contribution in [0.25, 0.3) is 0 Å². The van der Waals surface area contributed by atoms with Crippen molar-refractivity contribution in [2.24, 2.45) is 0 Å². The first-order chi connectivity index (χ1) is 13.4. The fourth-order valence-corrected chi connectivity index (χ4v) is 18.3. The Morgan fingerprint density at radius 2 is 0.852 bits per heavy atom. The van der Waals surface area contributed by atoms with E-state index in [-0.39, 0.29) is 6.61 Å². The average Bonchev–Trinajstić information content (AvgIpc) is 2.77. The number of benzene rings is 4. The van der Waals surface area contributed by atoms with Gasteiger partial charge in [0.1, 0.15) is 0 Å². The average molecular weight is 457 g/mol. The number of hydrogen-bond acceptors (Lipinski definition) is 1. The van der Waals surface area contributed by atoms with Crippen LogP contribution in [0.5, 0.6) is 0 Å². The van der Waals surface area contributed by atoms with Crippen LogP contribution < -0.4 is 14.3 Å². The maximum absolute atomic E-state index is 10.2. The predicted octanol–water partition coefficient (Wildman–Crippen LogP) is 2.56. The van der Waals surface area contributed by atoms with E-state index in [0.717, 1.165) is 5.56 Å². The van der Waals surface area contributed by atoms with Gasteiger partial charge in [-0.25, -0.2) is 0 Å². The summed E-state index contributed by atoms with van der Waals surface area (Å²) in [5.74, 6) is 0. The molecule has 4 aromatic rings. The van der Waals surface area contributed by atoms with Crippen LogP contribution in [0.3, 0.4) is 0 Å². The summed E-state index contributed by atoms with van der Waals surface area (Å²) in [6.07, 6.45) is 0. The van der Waals surface area contributed by atoms with Gasteiger partial charge in [0.05, 0.1) is 0 Å². The Hall–Kier alpha value is -2.36. The molecule has 0 unspecified atom stereocenters. The van der Waals surface area contributed by atoms with Gasteiger partial charge in [0, 0.05) is 0 Å². The Labute approximate surface area is 164 Å². The Bertz CT molecular complexity index is 901. The van der Waals surface area contributed by atoms with Crippen LogP contribution in [-0.4, -0.2) is 23.5 Å². The summed E-state index contributed by atoms with van der Waals surface area (Å²) in [6.45, 7) is 0.0569. The fraction of sp³-hybridized carbons (Fsp3) is 0.0400. The molecule has 0 atom stereocenters. The Morgan fingerprint density at radius 3 is 1.26 bits per heavy atom. The topological polar surface area (TPSA) is 20.2 Å². The quantitative estimate of drug-likeness (QED) is 0.457. The molecule has 132 valence electrons. The number of aliphatic hydroxyl groups is 1. The van der Waals surface area contributed by atoms with Crippen molar-refractivity contribution in [1.29, 1.82) is 0 Å². The summed E-state index contributed by atoms with van der Waals surface area (Å²) in [5.41, 5.74) is 1.03. The van der Waals surface area contributed by atoms with E-state index < -0.39 is 18.4 Å². The van der Waals surface area contributed by atoms with Crippen molar-refractivity contribution in [3.63, 3.8) is 0 Å². The first kappa shape index (κ1) is 18.0. The van der Waals surface area contributed by atoms with Crippen molar-refractivity contribution in [2.75, 3.05) is 0 Å². The monoisotopic (exact) mass is 458 g/mol. The fourth-order valence-electron chi connectivity index (χ4n) is 4.05. The van der Waals surface area contributed by atoms with E-state index in [1.807, 2.05) is 6.07 Å². The molecule has 0 aliphatic carbocycles. The van der Waals surface area contributed by atoms with Gasteiger partial charge in [0.2, 0.25) is 0 Å². The molecular formula is C25H22OSn. The first-order valence-electron chi connectivity index (χ1n) is 9.23. The standard InChI is InChI=1S/C7H7O.3C6H5.Sn/c8-6-7-4-2-1-3-5-7;3*1-2-4-6-5-3-1;/h1-4,8H,6H2;3*1-5H;. The maximum atomic E-state index is 10.2. The van der Waals surface area contributed by atoms with E-state index in [1.165, 1.54) is 14.3 Å². The first-order valence-corrected chi connectivity index (χ1v) is 14.9.